The molecule has 0 saturated heterocycles. The van der Waals surface area contributed by atoms with Crippen LogP contribution >= 0.6 is 25.3 Å². The summed E-state index contributed by atoms with van der Waals surface area (Å²) in [5.41, 5.74) is 0. The molecular formula is C28H48NNiO2S2+3. The van der Waals surface area contributed by atoms with Crippen molar-refractivity contribution in [1.82, 2.24) is 0 Å². The van der Waals surface area contributed by atoms with E-state index in [1.807, 2.05) is 12.1 Å². The third-order valence-corrected chi connectivity index (χ3v) is 6.46. The van der Waals surface area contributed by atoms with E-state index in [0.29, 0.717) is 9.79 Å². The standard InChI is InChI=1S/C16H36N.2C6H6OS.Ni/c1-5-9-13-17(14-10-6-2,15-11-7-3)16-12-8-4;2*7-5-3-1-2-4-6(5)8;/h5-16H2,1-4H3;2*1-4,7-8H;/q+1;;;+2. The van der Waals surface area contributed by atoms with E-state index in [4.69, 9.17) is 10.2 Å². The third-order valence-electron chi connectivity index (χ3n) is 5.71. The fourth-order valence-corrected chi connectivity index (χ4v) is 3.89. The normalized spacial score (nSPS) is 10.3. The molecule has 0 aromatic heterocycles. The summed E-state index contributed by atoms with van der Waals surface area (Å²) in [7, 11) is 0. The zero-order chi connectivity index (χ0) is 25.0. The van der Waals surface area contributed by atoms with Gasteiger partial charge in [-0.1, -0.05) is 77.6 Å². The van der Waals surface area contributed by atoms with E-state index in [1.165, 1.54) is 82.0 Å². The van der Waals surface area contributed by atoms with Gasteiger partial charge in [-0.05, 0) is 49.9 Å². The molecule has 0 bridgehead atoms. The summed E-state index contributed by atoms with van der Waals surface area (Å²) >= 11 is 7.90. The number of phenols is 2. The number of hydrogen-bond acceptors (Lipinski definition) is 4. The van der Waals surface area contributed by atoms with Crippen LogP contribution in [0, 0.1) is 0 Å². The third kappa shape index (κ3) is 16.8. The molecule has 0 amide bonds. The molecule has 0 radical (unpaired) electrons. The van der Waals surface area contributed by atoms with Crippen molar-refractivity contribution in [2.45, 2.75) is 88.9 Å². The zero-order valence-electron chi connectivity index (χ0n) is 21.7. The molecule has 2 aromatic carbocycles. The van der Waals surface area contributed by atoms with E-state index >= 15 is 0 Å². The van der Waals surface area contributed by atoms with E-state index in [-0.39, 0.29) is 28.0 Å². The van der Waals surface area contributed by atoms with Crippen LogP contribution in [0.1, 0.15) is 79.1 Å². The van der Waals surface area contributed by atoms with E-state index in [0.717, 1.165) is 0 Å². The summed E-state index contributed by atoms with van der Waals surface area (Å²) in [6.07, 6.45) is 11.1. The second-order valence-corrected chi connectivity index (χ2v) is 9.59. The van der Waals surface area contributed by atoms with Gasteiger partial charge in [-0.25, -0.2) is 0 Å². The Bertz CT molecular complexity index is 608. The molecule has 0 saturated carbocycles. The average molecular weight is 554 g/mol. The van der Waals surface area contributed by atoms with Gasteiger partial charge in [0.25, 0.3) is 0 Å². The number of thiol groups is 2. The zero-order valence-corrected chi connectivity index (χ0v) is 24.4. The van der Waals surface area contributed by atoms with Crippen LogP contribution in [-0.4, -0.2) is 40.9 Å². The first-order valence-corrected chi connectivity index (χ1v) is 13.5. The molecule has 6 heteroatoms. The van der Waals surface area contributed by atoms with Crippen LogP contribution in [0.25, 0.3) is 0 Å². The van der Waals surface area contributed by atoms with Gasteiger partial charge >= 0.3 is 16.5 Å². The van der Waals surface area contributed by atoms with Gasteiger partial charge < -0.3 is 14.7 Å². The Kier molecular flexibility index (Phi) is 23.5. The SMILES string of the molecule is CCCC[N+](CCCC)(CCCC)CCCC.Oc1ccccc1S.Oc1ccccc1S.[Ni+2]. The van der Waals surface area contributed by atoms with Crippen molar-refractivity contribution in [3.05, 3.63) is 48.5 Å². The Morgan fingerprint density at radius 2 is 0.824 bits per heavy atom. The Balaban J connectivity index is 0. The summed E-state index contributed by atoms with van der Waals surface area (Å²) in [5.74, 6) is 0.465. The predicted molar refractivity (Wildman–Crippen MR) is 150 cm³/mol. The monoisotopic (exact) mass is 552 g/mol. The summed E-state index contributed by atoms with van der Waals surface area (Å²) in [4.78, 5) is 1.24. The number of hydrogen-bond donors (Lipinski definition) is 4. The quantitative estimate of drug-likeness (QED) is 0.121. The molecule has 3 nitrogen and oxygen atoms in total. The van der Waals surface area contributed by atoms with Crippen molar-refractivity contribution < 1.29 is 31.2 Å². The smallest absolute Gasteiger partial charge is 0.507 e. The molecular weight excluding hydrogens is 505 g/mol. The molecule has 2 N–H and O–H groups in total. The van der Waals surface area contributed by atoms with E-state index in [2.05, 4.69) is 53.0 Å². The van der Waals surface area contributed by atoms with Gasteiger partial charge in [-0.2, -0.15) is 0 Å². The average Bonchev–Trinajstić information content (AvgIpc) is 2.83. The number of para-hydroxylation sites is 2. The van der Waals surface area contributed by atoms with Crippen LogP contribution in [0.4, 0.5) is 0 Å². The van der Waals surface area contributed by atoms with Crippen LogP contribution in [0.15, 0.2) is 58.3 Å². The van der Waals surface area contributed by atoms with Crippen LogP contribution in [-0.2, 0) is 16.5 Å². The number of phenolic OH excluding ortho intramolecular Hbond substituents is 2. The fourth-order valence-electron chi connectivity index (χ4n) is 3.57. The maximum atomic E-state index is 8.84. The van der Waals surface area contributed by atoms with E-state index < -0.39 is 0 Å². The van der Waals surface area contributed by atoms with Crippen LogP contribution in [0.3, 0.4) is 0 Å². The number of nitrogens with zero attached hydrogens (tertiary/aromatic N) is 1. The van der Waals surface area contributed by atoms with Crippen molar-refractivity contribution in [1.29, 1.82) is 0 Å². The van der Waals surface area contributed by atoms with Crippen LogP contribution in [0.2, 0.25) is 0 Å². The molecule has 196 valence electrons. The van der Waals surface area contributed by atoms with Crippen molar-refractivity contribution in [3.8, 4) is 11.5 Å². The summed E-state index contributed by atoms with van der Waals surface area (Å²) in [6.45, 7) is 15.0. The number of unbranched alkanes of at least 4 members (excludes halogenated alkanes) is 4. The molecule has 2 rings (SSSR count). The van der Waals surface area contributed by atoms with E-state index in [9.17, 15) is 0 Å². The van der Waals surface area contributed by atoms with Crippen LogP contribution in [0.5, 0.6) is 11.5 Å². The fraction of sp³-hybridized carbons (Fsp3) is 0.571. The Labute approximate surface area is 230 Å². The van der Waals surface area contributed by atoms with Gasteiger partial charge in [-0.15, -0.1) is 25.3 Å². The molecule has 0 fully saturated rings. The minimum atomic E-state index is 0. The molecule has 0 heterocycles. The van der Waals surface area contributed by atoms with Crippen molar-refractivity contribution >= 4 is 25.3 Å². The first kappa shape index (κ1) is 35.4. The Morgan fingerprint density at radius 1 is 0.559 bits per heavy atom. The minimum absolute atomic E-state index is 0. The van der Waals surface area contributed by atoms with Gasteiger partial charge in [0.05, 0.1) is 26.2 Å². The van der Waals surface area contributed by atoms with Crippen LogP contribution < -0.4 is 0 Å². The Morgan fingerprint density at radius 3 is 1.00 bits per heavy atom. The second kappa shape index (κ2) is 22.6. The Hall–Kier alpha value is -0.806. The van der Waals surface area contributed by atoms with Gasteiger partial charge in [0.1, 0.15) is 11.5 Å². The number of quaternary nitrogens is 1. The molecule has 0 spiro atoms. The summed E-state index contributed by atoms with van der Waals surface area (Å²) in [6, 6.07) is 13.8. The van der Waals surface area contributed by atoms with E-state index in [1.54, 1.807) is 36.4 Å². The number of rotatable bonds is 12. The molecule has 0 unspecified atom stereocenters. The molecule has 0 aliphatic heterocycles. The van der Waals surface area contributed by atoms with Crippen molar-refractivity contribution in [2.75, 3.05) is 26.2 Å². The molecule has 0 aliphatic carbocycles. The largest absolute Gasteiger partial charge is 2.00 e. The molecule has 2 aromatic rings. The molecule has 0 atom stereocenters. The maximum absolute atomic E-state index is 8.84. The minimum Gasteiger partial charge on any atom is -0.507 e. The first-order valence-electron chi connectivity index (χ1n) is 12.6. The number of aromatic hydroxyl groups is 2. The topological polar surface area (TPSA) is 40.5 Å². The van der Waals surface area contributed by atoms with Gasteiger partial charge in [0.15, 0.2) is 0 Å². The van der Waals surface area contributed by atoms with Gasteiger partial charge in [0.2, 0.25) is 0 Å². The maximum Gasteiger partial charge on any atom is 2.00 e. The number of benzene rings is 2. The molecule has 34 heavy (non-hydrogen) atoms. The summed E-state index contributed by atoms with van der Waals surface area (Å²) in [5, 5.41) is 17.7. The molecule has 0 aliphatic rings. The predicted octanol–water partition coefficient (Wildman–Crippen LogP) is 8.36. The summed E-state index contributed by atoms with van der Waals surface area (Å²) < 4.78 is 1.42. The van der Waals surface area contributed by atoms with Gasteiger partial charge in [0, 0.05) is 9.79 Å². The second-order valence-electron chi connectivity index (χ2n) is 8.63. The van der Waals surface area contributed by atoms with Crippen molar-refractivity contribution in [2.24, 2.45) is 0 Å². The van der Waals surface area contributed by atoms with Gasteiger partial charge in [-0.3, -0.25) is 0 Å². The first-order chi connectivity index (χ1) is 15.9. The van der Waals surface area contributed by atoms with Crippen molar-refractivity contribution in [3.63, 3.8) is 0 Å².